The molecular weight excluding hydrogens is 444 g/mol. The molecule has 1 amide bonds. The molecule has 0 spiro atoms. The molecule has 184 valence electrons. The van der Waals surface area contributed by atoms with Gasteiger partial charge in [0.2, 0.25) is 11.9 Å². The fourth-order valence-electron chi connectivity index (χ4n) is 3.99. The van der Waals surface area contributed by atoms with Gasteiger partial charge in [-0.1, -0.05) is 18.1 Å². The average molecular weight is 477 g/mol. The minimum Gasteiger partial charge on any atom is -0.347 e. The summed E-state index contributed by atoms with van der Waals surface area (Å²) in [7, 11) is 1.66. The first-order valence-corrected chi connectivity index (χ1v) is 11.7. The Morgan fingerprint density at radius 3 is 2.57 bits per heavy atom. The number of anilines is 3. The maximum atomic E-state index is 13.5. The van der Waals surface area contributed by atoms with Crippen molar-refractivity contribution in [2.45, 2.75) is 39.8 Å². The van der Waals surface area contributed by atoms with Gasteiger partial charge in [0, 0.05) is 38.8 Å². The Balaban J connectivity index is 1.78. The molecule has 10 nitrogen and oxygen atoms in total. The first-order valence-electron chi connectivity index (χ1n) is 11.7. The zero-order valence-electron chi connectivity index (χ0n) is 20.9. The van der Waals surface area contributed by atoms with Crippen molar-refractivity contribution < 1.29 is 4.79 Å². The van der Waals surface area contributed by atoms with Gasteiger partial charge in [-0.3, -0.25) is 18.7 Å². The van der Waals surface area contributed by atoms with Crippen molar-refractivity contribution in [2.75, 3.05) is 36.4 Å². The molecule has 4 rings (SSSR count). The van der Waals surface area contributed by atoms with E-state index in [-0.39, 0.29) is 17.0 Å². The fourth-order valence-corrected chi connectivity index (χ4v) is 3.99. The topological polar surface area (TPSA) is 109 Å². The van der Waals surface area contributed by atoms with Crippen molar-refractivity contribution in [3.05, 3.63) is 40.2 Å². The predicted octanol–water partition coefficient (Wildman–Crippen LogP) is 1.83. The van der Waals surface area contributed by atoms with Gasteiger partial charge < -0.3 is 20.9 Å². The van der Waals surface area contributed by atoms with Crippen LogP contribution in [-0.4, -0.2) is 56.7 Å². The van der Waals surface area contributed by atoms with Gasteiger partial charge in [-0.15, -0.1) is 5.92 Å². The number of nitrogens with zero attached hydrogens (tertiary/aromatic N) is 5. The maximum Gasteiger partial charge on any atom is 0.281 e. The zero-order valence-corrected chi connectivity index (χ0v) is 20.9. The summed E-state index contributed by atoms with van der Waals surface area (Å²) in [6.07, 6.45) is 0. The molecule has 1 aromatic carbocycles. The fraction of sp³-hybridized carbons (Fsp3) is 0.440. The van der Waals surface area contributed by atoms with Crippen LogP contribution in [0.2, 0.25) is 0 Å². The lowest BCUT2D eigenvalue weighted by atomic mass is 10.1. The Bertz CT molecular complexity index is 1360. The van der Waals surface area contributed by atoms with Crippen molar-refractivity contribution in [1.82, 2.24) is 29.7 Å². The van der Waals surface area contributed by atoms with Crippen LogP contribution in [0.3, 0.4) is 0 Å². The van der Waals surface area contributed by atoms with Crippen LogP contribution >= 0.6 is 0 Å². The maximum absolute atomic E-state index is 13.5. The summed E-state index contributed by atoms with van der Waals surface area (Å²) in [5, 5.41) is 9.49. The number of fused-ring (bicyclic) bond motifs is 1. The van der Waals surface area contributed by atoms with Gasteiger partial charge in [0.15, 0.2) is 11.2 Å². The Hall–Kier alpha value is -3.84. The highest BCUT2D eigenvalue weighted by Crippen LogP contribution is 2.24. The Morgan fingerprint density at radius 2 is 1.89 bits per heavy atom. The van der Waals surface area contributed by atoms with E-state index in [1.54, 1.807) is 32.2 Å². The van der Waals surface area contributed by atoms with Gasteiger partial charge in [0.05, 0.1) is 17.8 Å². The number of para-hydroxylation sites is 1. The molecule has 1 saturated heterocycles. The number of imidazole rings is 1. The van der Waals surface area contributed by atoms with Crippen LogP contribution in [0.1, 0.15) is 38.1 Å². The highest BCUT2D eigenvalue weighted by molar-refractivity contribution is 6.00. The van der Waals surface area contributed by atoms with E-state index in [1.807, 2.05) is 31.4 Å². The van der Waals surface area contributed by atoms with Crippen LogP contribution in [0.5, 0.6) is 0 Å². The molecule has 0 unspecified atom stereocenters. The first-order chi connectivity index (χ1) is 16.7. The first kappa shape index (κ1) is 24.3. The molecular formula is C25H32N8O2. The number of hydrogen-bond donors (Lipinski definition) is 3. The summed E-state index contributed by atoms with van der Waals surface area (Å²) in [5.74, 6) is 6.74. The third kappa shape index (κ3) is 5.15. The van der Waals surface area contributed by atoms with Crippen LogP contribution in [-0.2, 0) is 13.6 Å². The monoisotopic (exact) mass is 476 g/mol. The van der Waals surface area contributed by atoms with E-state index in [0.717, 1.165) is 26.2 Å². The molecule has 2 aromatic heterocycles. The molecule has 1 aliphatic heterocycles. The second kappa shape index (κ2) is 9.80. The highest BCUT2D eigenvalue weighted by atomic mass is 16.2. The molecule has 0 bridgehead atoms. The largest absolute Gasteiger partial charge is 0.347 e. The molecule has 1 fully saturated rings. The summed E-state index contributed by atoms with van der Waals surface area (Å²) < 4.78 is 3.29. The number of carbonyl (C=O) groups is 1. The molecule has 1 aliphatic rings. The van der Waals surface area contributed by atoms with E-state index in [4.69, 9.17) is 4.98 Å². The van der Waals surface area contributed by atoms with Gasteiger partial charge in [0.1, 0.15) is 0 Å². The summed E-state index contributed by atoms with van der Waals surface area (Å²) in [4.78, 5) is 38.0. The average Bonchev–Trinajstić information content (AvgIpc) is 3.19. The molecule has 10 heteroatoms. The Kier molecular flexibility index (Phi) is 6.80. The smallest absolute Gasteiger partial charge is 0.281 e. The predicted molar refractivity (Wildman–Crippen MR) is 138 cm³/mol. The van der Waals surface area contributed by atoms with E-state index in [9.17, 15) is 9.59 Å². The van der Waals surface area contributed by atoms with Crippen LogP contribution < -0.4 is 26.4 Å². The van der Waals surface area contributed by atoms with Gasteiger partial charge in [-0.05, 0) is 39.8 Å². The molecule has 0 radical (unpaired) electrons. The van der Waals surface area contributed by atoms with E-state index in [2.05, 4.69) is 37.7 Å². The number of rotatable bonds is 5. The summed E-state index contributed by atoms with van der Waals surface area (Å²) in [5.41, 5.74) is 1.15. The molecule has 0 aliphatic carbocycles. The summed E-state index contributed by atoms with van der Waals surface area (Å²) in [6, 6.07) is 7.15. The molecule has 3 N–H and O–H groups in total. The summed E-state index contributed by atoms with van der Waals surface area (Å²) in [6.45, 7) is 11.2. The Labute approximate surface area is 204 Å². The summed E-state index contributed by atoms with van der Waals surface area (Å²) >= 11 is 0. The number of piperazine rings is 1. The number of hydrogen-bond acceptors (Lipinski definition) is 7. The van der Waals surface area contributed by atoms with Gasteiger partial charge >= 0.3 is 0 Å². The second-order valence-electron chi connectivity index (χ2n) is 9.51. The van der Waals surface area contributed by atoms with Crippen LogP contribution in [0.4, 0.5) is 17.6 Å². The van der Waals surface area contributed by atoms with Crippen LogP contribution in [0.25, 0.3) is 11.2 Å². The van der Waals surface area contributed by atoms with E-state index in [0.29, 0.717) is 40.9 Å². The lowest BCUT2D eigenvalue weighted by Crippen LogP contribution is -2.44. The number of nitrogens with one attached hydrogen (secondary N) is 3. The SMILES string of the molecule is CC#CCn1c(N2CCNCC2)nc2nc(Nc3ccccc3C(=O)NC(C)(C)C)n(C)c(=O)c21. The van der Waals surface area contributed by atoms with Crippen molar-refractivity contribution in [2.24, 2.45) is 7.05 Å². The van der Waals surface area contributed by atoms with E-state index < -0.39 is 0 Å². The quantitative estimate of drug-likeness (QED) is 0.482. The van der Waals surface area contributed by atoms with Gasteiger partial charge in [0.25, 0.3) is 11.5 Å². The minimum atomic E-state index is -0.386. The van der Waals surface area contributed by atoms with Crippen LogP contribution in [0.15, 0.2) is 29.1 Å². The van der Waals surface area contributed by atoms with Crippen molar-refractivity contribution >= 4 is 34.7 Å². The molecule has 0 atom stereocenters. The second-order valence-corrected chi connectivity index (χ2v) is 9.51. The molecule has 3 heterocycles. The number of carbonyl (C=O) groups excluding carboxylic acids is 1. The molecule has 3 aromatic rings. The van der Waals surface area contributed by atoms with E-state index >= 15 is 0 Å². The third-order valence-corrected chi connectivity index (χ3v) is 5.69. The van der Waals surface area contributed by atoms with E-state index in [1.165, 1.54) is 4.57 Å². The molecule has 0 saturated carbocycles. The lowest BCUT2D eigenvalue weighted by molar-refractivity contribution is 0.0920. The van der Waals surface area contributed by atoms with Crippen molar-refractivity contribution in [3.8, 4) is 11.8 Å². The minimum absolute atomic E-state index is 0.213. The normalized spacial score (nSPS) is 13.9. The van der Waals surface area contributed by atoms with Crippen LogP contribution in [0, 0.1) is 11.8 Å². The zero-order chi connectivity index (χ0) is 25.2. The van der Waals surface area contributed by atoms with Gasteiger partial charge in [-0.25, -0.2) is 0 Å². The van der Waals surface area contributed by atoms with Crippen molar-refractivity contribution in [3.63, 3.8) is 0 Å². The highest BCUT2D eigenvalue weighted by Gasteiger charge is 2.24. The standard InChI is InChI=1S/C25H32N8O2/c1-6-7-14-33-19-20(29-24(33)32-15-12-26-13-16-32)28-23(31(5)22(19)35)27-18-11-9-8-10-17(18)21(34)30-25(2,3)4/h8-11,26H,12-16H2,1-5H3,(H,27,28)(H,30,34). The third-order valence-electron chi connectivity index (χ3n) is 5.69. The molecule has 35 heavy (non-hydrogen) atoms. The number of amides is 1. The number of aromatic nitrogens is 4. The number of benzene rings is 1. The lowest BCUT2D eigenvalue weighted by Gasteiger charge is -2.28. The van der Waals surface area contributed by atoms with Crippen molar-refractivity contribution in [1.29, 1.82) is 0 Å². The Morgan fingerprint density at radius 1 is 1.17 bits per heavy atom. The van der Waals surface area contributed by atoms with Gasteiger partial charge in [-0.2, -0.15) is 9.97 Å².